The van der Waals surface area contributed by atoms with Crippen LogP contribution in [-0.4, -0.2) is 68.8 Å². The van der Waals surface area contributed by atoms with E-state index in [0.29, 0.717) is 49.6 Å². The van der Waals surface area contributed by atoms with Crippen molar-refractivity contribution in [3.63, 3.8) is 0 Å². The number of carbonyl (C=O) groups excluding carboxylic acids is 2. The first kappa shape index (κ1) is 83.6. The van der Waals surface area contributed by atoms with Gasteiger partial charge >= 0.3 is 75.7 Å². The first-order valence-corrected chi connectivity index (χ1v) is 43.8. The number of benzene rings is 10. The SMILES string of the molecule is CC(C)(C)OC(=O)OCOc1ccc2c(c1)[I+]c1ccccc1C2.CC(C)(C)Oc1ccc([I+]c2ccccc2)cc1.CCC(C)c1ccc(COc2ccc(S(=O)(=O)[O-])cc2)cc1.CCC(C)c1ccc(COc2ccc(S(=O)(=O)[O-])cc2)cc1.O=C1OCCC1Oc1ccc([I+]c2ccccc2)cc1. The summed E-state index contributed by atoms with van der Waals surface area (Å²) >= 11 is -0.432. The quantitative estimate of drug-likeness (QED) is 0.0267. The van der Waals surface area contributed by atoms with Gasteiger partial charge in [0.15, 0.2) is 24.0 Å². The molecule has 0 aliphatic carbocycles. The largest absolute Gasteiger partial charge is 0.744 e. The zero-order valence-electron chi connectivity index (χ0n) is 61.0. The van der Waals surface area contributed by atoms with Gasteiger partial charge in [-0.3, -0.25) is 0 Å². The van der Waals surface area contributed by atoms with Crippen LogP contribution in [0.3, 0.4) is 0 Å². The van der Waals surface area contributed by atoms with Gasteiger partial charge in [-0.1, -0.05) is 137 Å². The van der Waals surface area contributed by atoms with Crippen LogP contribution in [0.2, 0.25) is 0 Å². The van der Waals surface area contributed by atoms with Gasteiger partial charge < -0.3 is 47.0 Å². The Bertz CT molecular complexity index is 4470. The molecule has 1 fully saturated rings. The summed E-state index contributed by atoms with van der Waals surface area (Å²) in [6.07, 6.45) is 2.65. The van der Waals surface area contributed by atoms with Gasteiger partial charge in [0.25, 0.3) is 0 Å². The van der Waals surface area contributed by atoms with E-state index in [9.17, 15) is 35.5 Å². The molecule has 10 aromatic carbocycles. The highest BCUT2D eigenvalue weighted by molar-refractivity contribution is 7.86. The number of ether oxygens (including phenoxy) is 8. The minimum Gasteiger partial charge on any atom is -0.744 e. The van der Waals surface area contributed by atoms with Crippen LogP contribution < -0.4 is 87.3 Å². The Morgan fingerprint density at radius 3 is 1.36 bits per heavy atom. The number of hydrogen-bond acceptors (Lipinski definition) is 16. The second kappa shape index (κ2) is 40.8. The molecule has 0 radical (unpaired) electrons. The van der Waals surface area contributed by atoms with Gasteiger partial charge in [-0.25, -0.2) is 26.4 Å². The maximum Gasteiger partial charge on any atom is 0.511 e. The third kappa shape index (κ3) is 29.3. The van der Waals surface area contributed by atoms with Crippen LogP contribution in [0.25, 0.3) is 0 Å². The lowest BCUT2D eigenvalue weighted by Gasteiger charge is -2.20. The molecule has 2 aliphatic rings. The lowest BCUT2D eigenvalue weighted by atomic mass is 9.98. The van der Waals surface area contributed by atoms with Crippen LogP contribution in [0.5, 0.6) is 28.7 Å². The van der Waals surface area contributed by atoms with Crippen molar-refractivity contribution in [2.75, 3.05) is 13.4 Å². The Morgan fingerprint density at radius 2 is 0.925 bits per heavy atom. The average molecular weight is 1810 g/mol. The second-order valence-corrected chi connectivity index (χ2v) is 38.2. The van der Waals surface area contributed by atoms with Gasteiger partial charge in [0.1, 0.15) is 73.4 Å². The molecular weight excluding hydrogens is 1720 g/mol. The zero-order chi connectivity index (χ0) is 76.3. The minimum atomic E-state index is -4.41. The molecule has 0 aromatic heterocycles. The van der Waals surface area contributed by atoms with E-state index in [-0.39, 0.29) is 91.8 Å². The number of fused-ring (bicyclic) bond motifs is 2. The van der Waals surface area contributed by atoms with Crippen molar-refractivity contribution in [2.24, 2.45) is 0 Å². The molecule has 3 unspecified atom stereocenters. The topological polar surface area (TPSA) is 222 Å². The fourth-order valence-electron chi connectivity index (χ4n) is 9.87. The molecule has 3 atom stereocenters. The van der Waals surface area contributed by atoms with Crippen LogP contribution in [0, 0.1) is 21.4 Å². The molecule has 1 saturated heterocycles. The van der Waals surface area contributed by atoms with Crippen molar-refractivity contribution in [3.05, 3.63) is 304 Å². The van der Waals surface area contributed by atoms with Crippen molar-refractivity contribution >= 4 is 32.4 Å². The van der Waals surface area contributed by atoms with Crippen LogP contribution in [-0.2, 0) is 58.9 Å². The van der Waals surface area contributed by atoms with Crippen LogP contribution in [0.4, 0.5) is 4.79 Å². The van der Waals surface area contributed by atoms with E-state index < -0.39 is 38.1 Å². The van der Waals surface area contributed by atoms with E-state index in [2.05, 4.69) is 200 Å². The number of halogens is 3. The summed E-state index contributed by atoms with van der Waals surface area (Å²) in [4.78, 5) is 22.3. The molecule has 2 aliphatic heterocycles. The molecule has 0 bridgehead atoms. The molecule has 0 N–H and O–H groups in total. The van der Waals surface area contributed by atoms with Gasteiger partial charge in [0.2, 0.25) is 10.4 Å². The van der Waals surface area contributed by atoms with Crippen molar-refractivity contribution in [1.82, 2.24) is 0 Å². The number of cyclic esters (lactones) is 1. The van der Waals surface area contributed by atoms with Crippen LogP contribution >= 0.6 is 0 Å². The molecule has 16 nitrogen and oxygen atoms in total. The number of hydrogen-bond donors (Lipinski definition) is 0. The summed E-state index contributed by atoms with van der Waals surface area (Å²) in [6, 6.07) is 79.8. The monoisotopic (exact) mass is 1810 g/mol. The molecule has 21 heteroatoms. The summed E-state index contributed by atoms with van der Waals surface area (Å²) in [6.45, 7) is 21.4. The molecule has 0 saturated carbocycles. The van der Waals surface area contributed by atoms with E-state index in [1.807, 2.05) is 48.5 Å². The van der Waals surface area contributed by atoms with Gasteiger partial charge in [-0.2, -0.15) is 0 Å². The molecular formula is C85H90I3O16S2+. The van der Waals surface area contributed by atoms with Gasteiger partial charge in [0.05, 0.1) is 16.4 Å². The maximum atomic E-state index is 11.5. The molecule has 10 aromatic rings. The highest BCUT2D eigenvalue weighted by Gasteiger charge is 2.31. The van der Waals surface area contributed by atoms with E-state index >= 15 is 0 Å². The highest BCUT2D eigenvalue weighted by Crippen LogP contribution is 2.25. The van der Waals surface area contributed by atoms with Crippen LogP contribution in [0.15, 0.2) is 259 Å². The van der Waals surface area contributed by atoms with Crippen LogP contribution in [0.1, 0.15) is 134 Å². The molecule has 12 rings (SSSR count). The van der Waals surface area contributed by atoms with Crippen molar-refractivity contribution in [1.29, 1.82) is 0 Å². The van der Waals surface area contributed by atoms with E-state index in [1.165, 1.54) is 92.2 Å². The highest BCUT2D eigenvalue weighted by atomic mass is 127. The van der Waals surface area contributed by atoms with Gasteiger partial charge in [-0.15, -0.1) is 0 Å². The summed E-state index contributed by atoms with van der Waals surface area (Å²) in [5, 5.41) is 0. The molecule has 558 valence electrons. The summed E-state index contributed by atoms with van der Waals surface area (Å²) in [5.41, 5.74) is 6.77. The Labute approximate surface area is 656 Å². The first-order chi connectivity index (χ1) is 50.5. The summed E-state index contributed by atoms with van der Waals surface area (Å²) in [7, 11) is -8.82. The van der Waals surface area contributed by atoms with Crippen molar-refractivity contribution < 1.29 is 137 Å². The zero-order valence-corrected chi connectivity index (χ0v) is 69.1. The number of esters is 1. The number of rotatable bonds is 22. The fourth-order valence-corrected chi connectivity index (χ4v) is 18.1. The van der Waals surface area contributed by atoms with Crippen molar-refractivity contribution in [3.8, 4) is 28.7 Å². The molecule has 106 heavy (non-hydrogen) atoms. The summed E-state index contributed by atoms with van der Waals surface area (Å²) in [5.74, 6) is 4.27. The second-order valence-electron chi connectivity index (χ2n) is 26.5. The first-order valence-electron chi connectivity index (χ1n) is 34.6. The lowest BCUT2D eigenvalue weighted by molar-refractivity contribution is -0.601. The Balaban J connectivity index is 0.000000168. The van der Waals surface area contributed by atoms with E-state index in [1.54, 1.807) is 20.8 Å². The van der Waals surface area contributed by atoms with Gasteiger partial charge in [-0.05, 0) is 222 Å². The predicted octanol–water partition coefficient (Wildman–Crippen LogP) is 8.88. The minimum absolute atomic E-state index is 0.0737. The number of carbonyl (C=O) groups is 2. The third-order valence-corrected chi connectivity index (χ3v) is 26.1. The fraction of sp³-hybridized carbons (Fsp3) is 0.271. The average Bonchev–Trinajstić information content (AvgIpc) is 0.976. The molecule has 0 amide bonds. The molecule has 0 spiro atoms. The predicted molar refractivity (Wildman–Crippen MR) is 395 cm³/mol. The Kier molecular flexibility index (Phi) is 32.2. The van der Waals surface area contributed by atoms with E-state index in [0.717, 1.165) is 47.6 Å². The lowest BCUT2D eigenvalue weighted by Crippen LogP contribution is -3.62. The van der Waals surface area contributed by atoms with Crippen molar-refractivity contribution in [2.45, 2.75) is 147 Å². The summed E-state index contributed by atoms with van der Waals surface area (Å²) < 4.78 is 117. The Hall–Kier alpha value is -8.05. The molecule has 2 heterocycles. The third-order valence-electron chi connectivity index (χ3n) is 15.8. The maximum absolute atomic E-state index is 11.5. The normalized spacial score (nSPS) is 13.5. The Morgan fingerprint density at radius 1 is 0.500 bits per heavy atom. The smallest absolute Gasteiger partial charge is 0.511 e. The van der Waals surface area contributed by atoms with E-state index in [4.69, 9.17) is 37.9 Å². The van der Waals surface area contributed by atoms with Gasteiger partial charge in [0, 0.05) is 30.0 Å². The standard InChI is InChI=1S/C19H20IO4.2C17H20O4S.C16H14IO3.C16H18IO/c1-19(2,3)24-18(21)23-12-22-15-9-8-14-10-13-6-4-5-7-16(13)20-17(14)11-15;2*1-3-13(2)15-6-4-14(5-7-15)12-21-16-8-10-17(11-9-16)22(18,19)20;18-16-15(10-11-19-16)20-14-8-6-13(7-9-14)17-12-4-2-1-3-5-12;1-16(2,3)18-15-11-9-14(10-12-15)17-13-7-5-4-6-8-13/h4-9,11H,10,12H2,1-3H3;2*4-11,13H,3,12H2,1-2H3,(H,18,19,20);1-9,15H,10-11H2;4-12H,1-3H3/q+1;;;2*+1/p-2.